The molecule has 5 nitrogen and oxygen atoms in total. The second kappa shape index (κ2) is 5.83. The third-order valence-electron chi connectivity index (χ3n) is 2.66. The number of aromatic nitrogens is 2. The standard InChI is InChI=1S/C14H14N4O/c1-2-8-16-14(19)12-10-17-18(13(12)9-15)11-6-4-3-5-7-11/h3-7,10H,2,8H2,1H3,(H,16,19). The number of carbonyl (C=O) groups excluding carboxylic acids is 1. The Morgan fingerprint density at radius 2 is 2.16 bits per heavy atom. The number of nitrogens with zero attached hydrogens (tertiary/aromatic N) is 3. The van der Waals surface area contributed by atoms with Crippen molar-refractivity contribution in [1.82, 2.24) is 15.1 Å². The van der Waals surface area contributed by atoms with Gasteiger partial charge in [0.25, 0.3) is 5.91 Å². The van der Waals surface area contributed by atoms with Gasteiger partial charge in [-0.2, -0.15) is 10.4 Å². The highest BCUT2D eigenvalue weighted by Crippen LogP contribution is 2.13. The number of amides is 1. The van der Waals surface area contributed by atoms with Crippen molar-refractivity contribution in [2.24, 2.45) is 0 Å². The summed E-state index contributed by atoms with van der Waals surface area (Å²) in [6, 6.07) is 11.3. The van der Waals surface area contributed by atoms with Gasteiger partial charge in [-0.3, -0.25) is 4.79 Å². The number of nitrogens with one attached hydrogen (secondary N) is 1. The van der Waals surface area contributed by atoms with E-state index in [1.54, 1.807) is 0 Å². The van der Waals surface area contributed by atoms with Crippen LogP contribution < -0.4 is 5.32 Å². The minimum absolute atomic E-state index is 0.250. The lowest BCUT2D eigenvalue weighted by molar-refractivity contribution is 0.0953. The van der Waals surface area contributed by atoms with E-state index in [2.05, 4.69) is 10.4 Å². The first kappa shape index (κ1) is 12.8. The van der Waals surface area contributed by atoms with E-state index in [9.17, 15) is 10.1 Å². The maximum absolute atomic E-state index is 11.9. The lowest BCUT2D eigenvalue weighted by Gasteiger charge is -2.04. The Morgan fingerprint density at radius 3 is 2.79 bits per heavy atom. The Labute approximate surface area is 111 Å². The maximum Gasteiger partial charge on any atom is 0.255 e. The molecule has 0 fully saturated rings. The molecule has 96 valence electrons. The molecule has 0 saturated heterocycles. The quantitative estimate of drug-likeness (QED) is 0.905. The van der Waals surface area contributed by atoms with Crippen molar-refractivity contribution in [3.63, 3.8) is 0 Å². The zero-order valence-electron chi connectivity index (χ0n) is 10.6. The van der Waals surface area contributed by atoms with Gasteiger partial charge >= 0.3 is 0 Å². The summed E-state index contributed by atoms with van der Waals surface area (Å²) in [5.74, 6) is -0.263. The number of rotatable bonds is 4. The van der Waals surface area contributed by atoms with Gasteiger partial charge in [0.15, 0.2) is 5.69 Å². The zero-order chi connectivity index (χ0) is 13.7. The molecule has 0 spiro atoms. The smallest absolute Gasteiger partial charge is 0.255 e. The average molecular weight is 254 g/mol. The number of hydrogen-bond donors (Lipinski definition) is 1. The van der Waals surface area contributed by atoms with Crippen LogP contribution in [0.1, 0.15) is 29.4 Å². The summed E-state index contributed by atoms with van der Waals surface area (Å²) in [7, 11) is 0. The molecule has 2 rings (SSSR count). The van der Waals surface area contributed by atoms with Crippen molar-refractivity contribution in [3.8, 4) is 11.8 Å². The number of hydrogen-bond acceptors (Lipinski definition) is 3. The SMILES string of the molecule is CCCNC(=O)c1cnn(-c2ccccc2)c1C#N. The molecule has 0 aliphatic heterocycles. The number of nitriles is 1. The lowest BCUT2D eigenvalue weighted by Crippen LogP contribution is -2.24. The molecule has 0 aliphatic rings. The molecule has 1 heterocycles. The zero-order valence-corrected chi connectivity index (χ0v) is 10.6. The summed E-state index contributed by atoms with van der Waals surface area (Å²) in [5, 5.41) is 16.1. The normalized spacial score (nSPS) is 9.89. The first-order valence-electron chi connectivity index (χ1n) is 6.09. The van der Waals surface area contributed by atoms with Gasteiger partial charge in [-0.25, -0.2) is 4.68 Å². The van der Waals surface area contributed by atoms with Gasteiger partial charge in [-0.05, 0) is 18.6 Å². The van der Waals surface area contributed by atoms with Crippen LogP contribution in [0.5, 0.6) is 0 Å². The Kier molecular flexibility index (Phi) is 3.94. The number of carbonyl (C=O) groups is 1. The molecule has 1 aromatic heterocycles. The predicted molar refractivity (Wildman–Crippen MR) is 70.9 cm³/mol. The van der Waals surface area contributed by atoms with E-state index in [-0.39, 0.29) is 11.6 Å². The molecule has 0 unspecified atom stereocenters. The molecule has 0 bridgehead atoms. The molecular formula is C14H14N4O. The first-order valence-corrected chi connectivity index (χ1v) is 6.09. The molecule has 2 aromatic rings. The summed E-state index contributed by atoms with van der Waals surface area (Å²) in [5.41, 5.74) is 1.31. The van der Waals surface area contributed by atoms with Gasteiger partial charge in [-0.15, -0.1) is 0 Å². The van der Waals surface area contributed by atoms with E-state index in [0.29, 0.717) is 12.1 Å². The summed E-state index contributed by atoms with van der Waals surface area (Å²) in [4.78, 5) is 11.9. The topological polar surface area (TPSA) is 70.7 Å². The van der Waals surface area contributed by atoms with E-state index < -0.39 is 0 Å². The van der Waals surface area contributed by atoms with Crippen LogP contribution in [-0.4, -0.2) is 22.2 Å². The first-order chi connectivity index (χ1) is 9.27. The minimum Gasteiger partial charge on any atom is -0.352 e. The second-order valence-electron chi connectivity index (χ2n) is 4.02. The highest BCUT2D eigenvalue weighted by molar-refractivity contribution is 5.96. The molecule has 1 N–H and O–H groups in total. The molecule has 1 aromatic carbocycles. The fourth-order valence-corrected chi connectivity index (χ4v) is 1.72. The molecule has 5 heteroatoms. The van der Waals surface area contributed by atoms with E-state index in [1.807, 2.05) is 43.3 Å². The van der Waals surface area contributed by atoms with E-state index in [1.165, 1.54) is 10.9 Å². The predicted octanol–water partition coefficient (Wildman–Crippen LogP) is 1.88. The Morgan fingerprint density at radius 1 is 1.42 bits per heavy atom. The molecule has 19 heavy (non-hydrogen) atoms. The van der Waals surface area contributed by atoms with Crippen molar-refractivity contribution in [2.75, 3.05) is 6.54 Å². The maximum atomic E-state index is 11.9. The van der Waals surface area contributed by atoms with Gasteiger partial charge in [0.05, 0.1) is 17.4 Å². The summed E-state index contributed by atoms with van der Waals surface area (Å²) >= 11 is 0. The van der Waals surface area contributed by atoms with Gasteiger partial charge in [-0.1, -0.05) is 25.1 Å². The molecule has 0 saturated carbocycles. The van der Waals surface area contributed by atoms with Crippen molar-refractivity contribution in [2.45, 2.75) is 13.3 Å². The second-order valence-corrected chi connectivity index (χ2v) is 4.02. The van der Waals surface area contributed by atoms with Crippen molar-refractivity contribution in [1.29, 1.82) is 5.26 Å². The van der Waals surface area contributed by atoms with Gasteiger partial charge in [0.2, 0.25) is 0 Å². The molecule has 0 aliphatic carbocycles. The van der Waals surface area contributed by atoms with Crippen molar-refractivity contribution >= 4 is 5.91 Å². The van der Waals surface area contributed by atoms with Gasteiger partial charge in [0.1, 0.15) is 6.07 Å². The third kappa shape index (κ3) is 2.63. The van der Waals surface area contributed by atoms with E-state index in [0.717, 1.165) is 12.1 Å². The van der Waals surface area contributed by atoms with Crippen LogP contribution in [-0.2, 0) is 0 Å². The van der Waals surface area contributed by atoms with Gasteiger partial charge in [0, 0.05) is 6.54 Å². The summed E-state index contributed by atoms with van der Waals surface area (Å²) in [6.45, 7) is 2.55. The number of benzene rings is 1. The van der Waals surface area contributed by atoms with E-state index >= 15 is 0 Å². The Balaban J connectivity index is 2.37. The van der Waals surface area contributed by atoms with Crippen LogP contribution in [0, 0.1) is 11.3 Å². The van der Waals surface area contributed by atoms with Crippen LogP contribution >= 0.6 is 0 Å². The monoisotopic (exact) mass is 254 g/mol. The molecule has 0 atom stereocenters. The van der Waals surface area contributed by atoms with Crippen LogP contribution in [0.3, 0.4) is 0 Å². The van der Waals surface area contributed by atoms with E-state index in [4.69, 9.17) is 0 Å². The highest BCUT2D eigenvalue weighted by atomic mass is 16.1. The highest BCUT2D eigenvalue weighted by Gasteiger charge is 2.17. The molecule has 1 amide bonds. The van der Waals surface area contributed by atoms with Crippen molar-refractivity contribution < 1.29 is 4.79 Å². The third-order valence-corrected chi connectivity index (χ3v) is 2.66. The lowest BCUT2D eigenvalue weighted by atomic mass is 10.2. The van der Waals surface area contributed by atoms with Gasteiger partial charge < -0.3 is 5.32 Å². The Bertz CT molecular complexity index is 610. The Hall–Kier alpha value is -2.61. The fraction of sp³-hybridized carbons (Fsp3) is 0.214. The minimum atomic E-state index is -0.263. The average Bonchev–Trinajstić information content (AvgIpc) is 2.89. The molecular weight excluding hydrogens is 240 g/mol. The number of para-hydroxylation sites is 1. The summed E-state index contributed by atoms with van der Waals surface area (Å²) < 4.78 is 1.47. The van der Waals surface area contributed by atoms with Crippen LogP contribution in [0.25, 0.3) is 5.69 Å². The largest absolute Gasteiger partial charge is 0.352 e. The van der Waals surface area contributed by atoms with Crippen molar-refractivity contribution in [3.05, 3.63) is 47.8 Å². The molecule has 0 radical (unpaired) electrons. The van der Waals surface area contributed by atoms with Crippen LogP contribution in [0.15, 0.2) is 36.5 Å². The van der Waals surface area contributed by atoms with Crippen LogP contribution in [0.2, 0.25) is 0 Å². The van der Waals surface area contributed by atoms with Crippen LogP contribution in [0.4, 0.5) is 0 Å². The fourth-order valence-electron chi connectivity index (χ4n) is 1.72. The summed E-state index contributed by atoms with van der Waals surface area (Å²) in [6.07, 6.45) is 2.27.